The number of rotatable bonds is 4. The molecule has 0 radical (unpaired) electrons. The monoisotopic (exact) mass is 250 g/mol. The molecule has 1 aromatic carbocycles. The number of oxazole rings is 1. The maximum Gasteiger partial charge on any atom is 0.226 e. The van der Waals surface area contributed by atoms with Crippen molar-refractivity contribution in [3.8, 4) is 11.5 Å². The Kier molecular flexibility index (Phi) is 3.82. The number of hydrogen-bond acceptors (Lipinski definition) is 3. The van der Waals surface area contributed by atoms with E-state index in [1.54, 1.807) is 6.26 Å². The van der Waals surface area contributed by atoms with E-state index >= 15 is 0 Å². The molecule has 0 amide bonds. The zero-order valence-corrected chi connectivity index (χ0v) is 10.7. The van der Waals surface area contributed by atoms with Crippen LogP contribution in [0.3, 0.4) is 0 Å². The Hall–Kier alpha value is -1.32. The predicted molar refractivity (Wildman–Crippen MR) is 69.1 cm³/mol. The Labute approximate surface area is 106 Å². The zero-order valence-electron chi connectivity index (χ0n) is 9.96. The van der Waals surface area contributed by atoms with Gasteiger partial charge in [-0.1, -0.05) is 18.5 Å². The van der Waals surface area contributed by atoms with Crippen LogP contribution in [0.25, 0.3) is 11.5 Å². The third-order valence-electron chi connectivity index (χ3n) is 2.51. The van der Waals surface area contributed by atoms with Crippen LogP contribution in [0.2, 0.25) is 5.02 Å². The molecule has 90 valence electrons. The second-order valence-electron chi connectivity index (χ2n) is 3.89. The Morgan fingerprint density at radius 3 is 2.94 bits per heavy atom. The third kappa shape index (κ3) is 2.87. The highest BCUT2D eigenvalue weighted by atomic mass is 35.5. The van der Waals surface area contributed by atoms with Crippen molar-refractivity contribution in [3.63, 3.8) is 0 Å². The second kappa shape index (κ2) is 5.34. The molecule has 1 N–H and O–H groups in total. The first kappa shape index (κ1) is 12.1. The average molecular weight is 251 g/mol. The molecule has 0 unspecified atom stereocenters. The van der Waals surface area contributed by atoms with Crippen LogP contribution in [0.15, 0.2) is 28.9 Å². The van der Waals surface area contributed by atoms with Crippen molar-refractivity contribution in [1.29, 1.82) is 0 Å². The first-order valence-electron chi connectivity index (χ1n) is 5.62. The highest BCUT2D eigenvalue weighted by Crippen LogP contribution is 2.24. The van der Waals surface area contributed by atoms with Gasteiger partial charge in [0.1, 0.15) is 6.26 Å². The molecule has 0 aliphatic carbocycles. The van der Waals surface area contributed by atoms with Gasteiger partial charge in [-0.25, -0.2) is 4.98 Å². The molecule has 0 atom stereocenters. The minimum Gasteiger partial charge on any atom is -0.444 e. The Bertz CT molecular complexity index is 508. The van der Waals surface area contributed by atoms with E-state index in [-0.39, 0.29) is 0 Å². The summed E-state index contributed by atoms with van der Waals surface area (Å²) < 4.78 is 5.45. The fraction of sp³-hybridized carbons (Fsp3) is 0.308. The number of nitrogens with zero attached hydrogens (tertiary/aromatic N) is 1. The first-order chi connectivity index (χ1) is 8.20. The lowest BCUT2D eigenvalue weighted by molar-refractivity contribution is 0.570. The minimum atomic E-state index is 0.637. The predicted octanol–water partition coefficient (Wildman–Crippen LogP) is 3.41. The molecule has 0 aliphatic rings. The molecular formula is C13H15ClN2O. The van der Waals surface area contributed by atoms with Gasteiger partial charge in [0.2, 0.25) is 5.89 Å². The van der Waals surface area contributed by atoms with Crippen LogP contribution < -0.4 is 5.32 Å². The van der Waals surface area contributed by atoms with Crippen molar-refractivity contribution in [2.45, 2.75) is 20.4 Å². The molecule has 0 spiro atoms. The van der Waals surface area contributed by atoms with Crippen LogP contribution in [0, 0.1) is 6.92 Å². The summed E-state index contributed by atoms with van der Waals surface area (Å²) in [6, 6.07) is 5.75. The van der Waals surface area contributed by atoms with Crippen molar-refractivity contribution in [3.05, 3.63) is 40.7 Å². The average Bonchev–Trinajstić information content (AvgIpc) is 2.79. The van der Waals surface area contributed by atoms with Gasteiger partial charge in [-0.05, 0) is 37.2 Å². The largest absolute Gasteiger partial charge is 0.444 e. The molecule has 1 heterocycles. The van der Waals surface area contributed by atoms with E-state index in [0.29, 0.717) is 5.89 Å². The van der Waals surface area contributed by atoms with E-state index in [4.69, 9.17) is 16.0 Å². The van der Waals surface area contributed by atoms with Crippen molar-refractivity contribution in [2.24, 2.45) is 0 Å². The zero-order chi connectivity index (χ0) is 12.3. The summed E-state index contributed by atoms with van der Waals surface area (Å²) in [5.41, 5.74) is 2.89. The normalized spacial score (nSPS) is 10.8. The highest BCUT2D eigenvalue weighted by Gasteiger charge is 2.07. The summed E-state index contributed by atoms with van der Waals surface area (Å²) >= 11 is 5.98. The van der Waals surface area contributed by atoms with Gasteiger partial charge in [-0.2, -0.15) is 0 Å². The molecule has 0 fully saturated rings. The van der Waals surface area contributed by atoms with Gasteiger partial charge >= 0.3 is 0 Å². The molecule has 0 aliphatic heterocycles. The van der Waals surface area contributed by atoms with Crippen molar-refractivity contribution in [2.75, 3.05) is 6.54 Å². The van der Waals surface area contributed by atoms with Gasteiger partial charge in [0.15, 0.2) is 0 Å². The van der Waals surface area contributed by atoms with E-state index in [9.17, 15) is 0 Å². The molecule has 4 heteroatoms. The van der Waals surface area contributed by atoms with Crippen LogP contribution in [-0.2, 0) is 6.54 Å². The van der Waals surface area contributed by atoms with E-state index in [1.807, 2.05) is 25.1 Å². The lowest BCUT2D eigenvalue weighted by atomic mass is 10.1. The number of aryl methyl sites for hydroxylation is 1. The smallest absolute Gasteiger partial charge is 0.226 e. The van der Waals surface area contributed by atoms with E-state index in [1.165, 1.54) is 0 Å². The molecule has 0 saturated carbocycles. The van der Waals surface area contributed by atoms with E-state index < -0.39 is 0 Å². The Morgan fingerprint density at radius 1 is 1.41 bits per heavy atom. The van der Waals surface area contributed by atoms with Crippen LogP contribution >= 0.6 is 11.6 Å². The summed E-state index contributed by atoms with van der Waals surface area (Å²) in [6.45, 7) is 5.67. The number of halogens is 1. The third-order valence-corrected chi connectivity index (χ3v) is 2.94. The van der Waals surface area contributed by atoms with E-state index in [0.717, 1.165) is 34.9 Å². The number of hydrogen-bond donors (Lipinski definition) is 1. The van der Waals surface area contributed by atoms with Crippen LogP contribution in [0.1, 0.15) is 18.2 Å². The minimum absolute atomic E-state index is 0.637. The van der Waals surface area contributed by atoms with Crippen molar-refractivity contribution >= 4 is 11.6 Å². The lowest BCUT2D eigenvalue weighted by Gasteiger charge is -1.99. The quantitative estimate of drug-likeness (QED) is 0.904. The standard InChI is InChI=1S/C13H15ClN2O/c1-3-15-7-11-8-17-13(16-11)10-4-5-12(14)9(2)6-10/h4-6,8,15H,3,7H2,1-2H3. The maximum atomic E-state index is 5.98. The van der Waals surface area contributed by atoms with Gasteiger partial charge in [0, 0.05) is 17.1 Å². The summed E-state index contributed by atoms with van der Waals surface area (Å²) in [7, 11) is 0. The number of aromatic nitrogens is 1. The summed E-state index contributed by atoms with van der Waals surface area (Å²) in [4.78, 5) is 4.42. The second-order valence-corrected chi connectivity index (χ2v) is 4.30. The molecule has 2 aromatic rings. The van der Waals surface area contributed by atoms with Gasteiger partial charge in [-0.15, -0.1) is 0 Å². The molecule has 2 rings (SSSR count). The van der Waals surface area contributed by atoms with Crippen LogP contribution in [0.4, 0.5) is 0 Å². The maximum absolute atomic E-state index is 5.98. The summed E-state index contributed by atoms with van der Waals surface area (Å²) in [6.07, 6.45) is 1.68. The summed E-state index contributed by atoms with van der Waals surface area (Å²) in [5, 5.41) is 3.96. The van der Waals surface area contributed by atoms with Crippen LogP contribution in [0.5, 0.6) is 0 Å². The SMILES string of the molecule is CCNCc1coc(-c2ccc(Cl)c(C)c2)n1. The lowest BCUT2D eigenvalue weighted by Crippen LogP contribution is -2.11. The first-order valence-corrected chi connectivity index (χ1v) is 6.00. The van der Waals surface area contributed by atoms with Crippen molar-refractivity contribution < 1.29 is 4.42 Å². The highest BCUT2D eigenvalue weighted by molar-refractivity contribution is 6.31. The van der Waals surface area contributed by atoms with E-state index in [2.05, 4.69) is 17.2 Å². The number of benzene rings is 1. The van der Waals surface area contributed by atoms with Gasteiger partial charge < -0.3 is 9.73 Å². The Balaban J connectivity index is 2.21. The van der Waals surface area contributed by atoms with Crippen LogP contribution in [-0.4, -0.2) is 11.5 Å². The molecule has 3 nitrogen and oxygen atoms in total. The van der Waals surface area contributed by atoms with Gasteiger partial charge in [0.05, 0.1) is 5.69 Å². The molecule has 0 bridgehead atoms. The Morgan fingerprint density at radius 2 is 2.24 bits per heavy atom. The molecule has 0 saturated heterocycles. The molecule has 17 heavy (non-hydrogen) atoms. The van der Waals surface area contributed by atoms with Gasteiger partial charge in [0.25, 0.3) is 0 Å². The fourth-order valence-corrected chi connectivity index (χ4v) is 1.67. The van der Waals surface area contributed by atoms with Crippen molar-refractivity contribution in [1.82, 2.24) is 10.3 Å². The molecule has 1 aromatic heterocycles. The topological polar surface area (TPSA) is 38.1 Å². The molecular weight excluding hydrogens is 236 g/mol. The number of nitrogens with one attached hydrogen (secondary N) is 1. The fourth-order valence-electron chi connectivity index (χ4n) is 1.55. The summed E-state index contributed by atoms with van der Waals surface area (Å²) in [5.74, 6) is 0.637. The van der Waals surface area contributed by atoms with Gasteiger partial charge in [-0.3, -0.25) is 0 Å².